The number of rotatable bonds is 6. The van der Waals surface area contributed by atoms with Crippen molar-refractivity contribution in [3.63, 3.8) is 0 Å². The zero-order valence-electron chi connectivity index (χ0n) is 11.6. The minimum Gasteiger partial charge on any atom is -0.480 e. The molecule has 1 aliphatic rings. The summed E-state index contributed by atoms with van der Waals surface area (Å²) in [5.41, 5.74) is 0. The van der Waals surface area contributed by atoms with Gasteiger partial charge in [-0.25, -0.2) is 9.59 Å². The van der Waals surface area contributed by atoms with Gasteiger partial charge < -0.3 is 15.3 Å². The number of urea groups is 1. The summed E-state index contributed by atoms with van der Waals surface area (Å²) in [6, 6.07) is -0.921. The molecule has 0 saturated heterocycles. The molecule has 0 aromatic carbocycles. The number of hydrogen-bond acceptors (Lipinski definition) is 2. The van der Waals surface area contributed by atoms with E-state index in [1.165, 1.54) is 0 Å². The Morgan fingerprint density at radius 1 is 1.39 bits per heavy atom. The van der Waals surface area contributed by atoms with E-state index in [0.29, 0.717) is 5.92 Å². The van der Waals surface area contributed by atoms with E-state index >= 15 is 0 Å². The number of nitrogens with one attached hydrogen (secondary N) is 1. The topological polar surface area (TPSA) is 69.6 Å². The van der Waals surface area contributed by atoms with Gasteiger partial charge in [-0.05, 0) is 31.6 Å². The fourth-order valence-corrected chi connectivity index (χ4v) is 2.00. The first-order valence-electron chi connectivity index (χ1n) is 6.64. The van der Waals surface area contributed by atoms with Crippen molar-refractivity contribution in [1.82, 2.24) is 10.2 Å². The molecule has 1 rings (SSSR count). The molecular formula is C13H24N2O3. The molecule has 0 aromatic rings. The summed E-state index contributed by atoms with van der Waals surface area (Å²) < 4.78 is 0. The lowest BCUT2D eigenvalue weighted by molar-refractivity contribution is -0.140. The third-order valence-electron chi connectivity index (χ3n) is 3.99. The smallest absolute Gasteiger partial charge is 0.326 e. The van der Waals surface area contributed by atoms with Gasteiger partial charge in [0, 0.05) is 13.1 Å². The second kappa shape index (κ2) is 6.07. The van der Waals surface area contributed by atoms with Crippen molar-refractivity contribution in [1.29, 1.82) is 0 Å². The molecule has 5 heteroatoms. The highest BCUT2D eigenvalue weighted by Gasteiger charge is 2.34. The average molecular weight is 256 g/mol. The summed E-state index contributed by atoms with van der Waals surface area (Å²) in [6.07, 6.45) is 3.04. The van der Waals surface area contributed by atoms with Crippen LogP contribution in [0.5, 0.6) is 0 Å². The normalized spacial score (nSPS) is 19.8. The Kier molecular flexibility index (Phi) is 4.99. The molecule has 18 heavy (non-hydrogen) atoms. The van der Waals surface area contributed by atoms with E-state index in [1.807, 2.05) is 20.8 Å². The number of carboxylic acids is 1. The third kappa shape index (κ3) is 3.62. The van der Waals surface area contributed by atoms with Crippen LogP contribution in [0.3, 0.4) is 0 Å². The first kappa shape index (κ1) is 14.8. The first-order chi connectivity index (χ1) is 8.38. The fourth-order valence-electron chi connectivity index (χ4n) is 2.00. The molecule has 0 heterocycles. The number of carboxylic acid groups (broad SMARTS) is 1. The molecule has 0 aliphatic heterocycles. The molecule has 3 atom stereocenters. The lowest BCUT2D eigenvalue weighted by Gasteiger charge is -2.28. The second-order valence-corrected chi connectivity index (χ2v) is 5.34. The molecule has 104 valence electrons. The largest absolute Gasteiger partial charge is 0.480 e. The van der Waals surface area contributed by atoms with E-state index in [4.69, 9.17) is 5.11 Å². The molecule has 1 saturated carbocycles. The summed E-state index contributed by atoms with van der Waals surface area (Å²) in [4.78, 5) is 24.8. The van der Waals surface area contributed by atoms with Gasteiger partial charge in [0.1, 0.15) is 6.04 Å². The van der Waals surface area contributed by atoms with Crippen LogP contribution in [0.25, 0.3) is 0 Å². The Morgan fingerprint density at radius 2 is 1.94 bits per heavy atom. The van der Waals surface area contributed by atoms with Gasteiger partial charge in [-0.1, -0.05) is 20.3 Å². The molecule has 2 amide bonds. The Balaban J connectivity index is 2.57. The predicted molar refractivity (Wildman–Crippen MR) is 69.4 cm³/mol. The highest BCUT2D eigenvalue weighted by molar-refractivity contribution is 5.82. The number of carbonyl (C=O) groups excluding carboxylic acids is 1. The Bertz CT molecular complexity index is 315. The zero-order valence-corrected chi connectivity index (χ0v) is 11.6. The van der Waals surface area contributed by atoms with Crippen LogP contribution >= 0.6 is 0 Å². The van der Waals surface area contributed by atoms with Gasteiger partial charge in [0.15, 0.2) is 0 Å². The molecular weight excluding hydrogens is 232 g/mol. The number of amides is 2. The van der Waals surface area contributed by atoms with Gasteiger partial charge in [-0.2, -0.15) is 0 Å². The van der Waals surface area contributed by atoms with Crippen molar-refractivity contribution in [2.24, 2.45) is 11.8 Å². The molecule has 0 radical (unpaired) electrons. The SMILES string of the molecule is CCC(C)C(NC(=O)N(C)C(C)C1CC1)C(=O)O. The third-order valence-corrected chi connectivity index (χ3v) is 3.99. The number of carbonyl (C=O) groups is 2. The molecule has 1 fully saturated rings. The molecule has 1 aliphatic carbocycles. The maximum atomic E-state index is 12.0. The highest BCUT2D eigenvalue weighted by Crippen LogP contribution is 2.34. The summed E-state index contributed by atoms with van der Waals surface area (Å²) in [5.74, 6) is -0.464. The Labute approximate surface area is 109 Å². The summed E-state index contributed by atoms with van der Waals surface area (Å²) in [6.45, 7) is 5.77. The molecule has 3 unspecified atom stereocenters. The van der Waals surface area contributed by atoms with Crippen LogP contribution in [0.2, 0.25) is 0 Å². The number of aliphatic carboxylic acids is 1. The van der Waals surface area contributed by atoms with Gasteiger partial charge in [0.25, 0.3) is 0 Å². The zero-order chi connectivity index (χ0) is 13.9. The van der Waals surface area contributed by atoms with Gasteiger partial charge in [0.2, 0.25) is 0 Å². The van der Waals surface area contributed by atoms with Gasteiger partial charge in [0.05, 0.1) is 0 Å². The monoisotopic (exact) mass is 256 g/mol. The molecule has 0 spiro atoms. The minimum atomic E-state index is -0.967. The van der Waals surface area contributed by atoms with Crippen molar-refractivity contribution in [3.8, 4) is 0 Å². The number of nitrogens with zero attached hydrogens (tertiary/aromatic N) is 1. The van der Waals surface area contributed by atoms with Crippen molar-refractivity contribution < 1.29 is 14.7 Å². The minimum absolute atomic E-state index is 0.0731. The standard InChI is InChI=1S/C13H24N2O3/c1-5-8(2)11(12(16)17)14-13(18)15(4)9(3)10-6-7-10/h8-11H,5-7H2,1-4H3,(H,14,18)(H,16,17). The fraction of sp³-hybridized carbons (Fsp3) is 0.846. The van der Waals surface area contributed by atoms with Crippen molar-refractivity contribution in [2.45, 2.75) is 52.1 Å². The van der Waals surface area contributed by atoms with Gasteiger partial charge in [-0.15, -0.1) is 0 Å². The molecule has 5 nitrogen and oxygen atoms in total. The maximum Gasteiger partial charge on any atom is 0.326 e. The van der Waals surface area contributed by atoms with Crippen LogP contribution in [0, 0.1) is 11.8 Å². The van der Waals surface area contributed by atoms with Crippen LogP contribution < -0.4 is 5.32 Å². The van der Waals surface area contributed by atoms with Crippen LogP contribution in [0.1, 0.15) is 40.0 Å². The van der Waals surface area contributed by atoms with Crippen LogP contribution in [-0.4, -0.2) is 41.1 Å². The summed E-state index contributed by atoms with van der Waals surface area (Å²) in [5, 5.41) is 11.8. The average Bonchev–Trinajstić information content (AvgIpc) is 3.16. The maximum absolute atomic E-state index is 12.0. The van der Waals surface area contributed by atoms with Crippen LogP contribution in [-0.2, 0) is 4.79 Å². The quantitative estimate of drug-likeness (QED) is 0.763. The summed E-state index contributed by atoms with van der Waals surface area (Å²) in [7, 11) is 1.73. The molecule has 0 aromatic heterocycles. The van der Waals surface area contributed by atoms with E-state index < -0.39 is 12.0 Å². The second-order valence-electron chi connectivity index (χ2n) is 5.34. The van der Waals surface area contributed by atoms with Crippen LogP contribution in [0.4, 0.5) is 4.79 Å². The lowest BCUT2D eigenvalue weighted by atomic mass is 9.99. The van der Waals surface area contributed by atoms with E-state index in [-0.39, 0.29) is 18.0 Å². The van der Waals surface area contributed by atoms with Gasteiger partial charge >= 0.3 is 12.0 Å². The van der Waals surface area contributed by atoms with E-state index in [1.54, 1.807) is 11.9 Å². The highest BCUT2D eigenvalue weighted by atomic mass is 16.4. The first-order valence-corrected chi connectivity index (χ1v) is 6.64. The Hall–Kier alpha value is -1.26. The van der Waals surface area contributed by atoms with Crippen molar-refractivity contribution >= 4 is 12.0 Å². The summed E-state index contributed by atoms with van der Waals surface area (Å²) >= 11 is 0. The molecule has 2 N–H and O–H groups in total. The van der Waals surface area contributed by atoms with Crippen LogP contribution in [0.15, 0.2) is 0 Å². The van der Waals surface area contributed by atoms with E-state index in [2.05, 4.69) is 5.32 Å². The van der Waals surface area contributed by atoms with Crippen molar-refractivity contribution in [3.05, 3.63) is 0 Å². The van der Waals surface area contributed by atoms with E-state index in [0.717, 1.165) is 19.3 Å². The van der Waals surface area contributed by atoms with Gasteiger partial charge in [-0.3, -0.25) is 0 Å². The lowest BCUT2D eigenvalue weighted by Crippen LogP contribution is -2.51. The predicted octanol–water partition coefficient (Wildman–Crippen LogP) is 1.93. The Morgan fingerprint density at radius 3 is 2.33 bits per heavy atom. The molecule has 0 bridgehead atoms. The number of hydrogen-bond donors (Lipinski definition) is 2. The van der Waals surface area contributed by atoms with Crippen molar-refractivity contribution in [2.75, 3.05) is 7.05 Å². The van der Waals surface area contributed by atoms with E-state index in [9.17, 15) is 9.59 Å².